The summed E-state index contributed by atoms with van der Waals surface area (Å²) in [5.74, 6) is -0.127. The fourth-order valence-electron chi connectivity index (χ4n) is 3.11. The number of carbonyl (C=O) groups excluding carboxylic acids is 2. The molecule has 0 spiro atoms. The van der Waals surface area contributed by atoms with Gasteiger partial charge in [-0.15, -0.1) is 0 Å². The Morgan fingerprint density at radius 2 is 1.55 bits per heavy atom. The quantitative estimate of drug-likeness (QED) is 0.619. The lowest BCUT2D eigenvalue weighted by Gasteiger charge is -2.14. The maximum atomic E-state index is 12.3. The van der Waals surface area contributed by atoms with E-state index in [4.69, 9.17) is 9.47 Å². The lowest BCUT2D eigenvalue weighted by Crippen LogP contribution is -2.38. The highest BCUT2D eigenvalue weighted by Crippen LogP contribution is 2.27. The molecule has 1 aliphatic heterocycles. The number of fused-ring (bicyclic) bond motifs is 1. The molecule has 0 saturated heterocycles. The number of ether oxygens (including phenoxy) is 2. The first kappa shape index (κ1) is 20.8. The molecule has 3 rings (SSSR count). The third-order valence-electron chi connectivity index (χ3n) is 4.65. The number of nitrogens with one attached hydrogen (secondary N) is 1. The largest absolute Gasteiger partial charge is 0.493 e. The average molecular weight is 418 g/mol. The van der Waals surface area contributed by atoms with E-state index >= 15 is 0 Å². The Labute approximate surface area is 169 Å². The Hall–Kier alpha value is -2.91. The van der Waals surface area contributed by atoms with E-state index in [2.05, 4.69) is 4.72 Å². The van der Waals surface area contributed by atoms with E-state index < -0.39 is 21.8 Å². The van der Waals surface area contributed by atoms with E-state index in [0.717, 1.165) is 10.5 Å². The van der Waals surface area contributed by atoms with Crippen LogP contribution in [0.4, 0.5) is 0 Å². The Morgan fingerprint density at radius 3 is 2.14 bits per heavy atom. The van der Waals surface area contributed by atoms with E-state index in [0.29, 0.717) is 29.0 Å². The van der Waals surface area contributed by atoms with Crippen LogP contribution in [0.15, 0.2) is 42.5 Å². The minimum atomic E-state index is -3.65. The molecule has 0 bridgehead atoms. The summed E-state index contributed by atoms with van der Waals surface area (Å²) in [4.78, 5) is 25.6. The lowest BCUT2D eigenvalue weighted by atomic mass is 10.1. The van der Waals surface area contributed by atoms with Gasteiger partial charge in [-0.3, -0.25) is 14.5 Å². The SMILES string of the molecule is COc1ccc(CCNS(=O)(=O)CCN2C(=O)c3ccccc3C2=O)cc1OC. The number of methoxy groups -OCH3 is 2. The van der Waals surface area contributed by atoms with Gasteiger partial charge in [0.15, 0.2) is 11.5 Å². The van der Waals surface area contributed by atoms with Crippen LogP contribution in [0.5, 0.6) is 11.5 Å². The van der Waals surface area contributed by atoms with Gasteiger partial charge in [0.1, 0.15) is 0 Å². The second kappa shape index (κ2) is 8.62. The van der Waals surface area contributed by atoms with Gasteiger partial charge >= 0.3 is 0 Å². The summed E-state index contributed by atoms with van der Waals surface area (Å²) in [7, 11) is -0.581. The van der Waals surface area contributed by atoms with Crippen molar-refractivity contribution in [2.75, 3.05) is 33.1 Å². The number of hydrogen-bond donors (Lipinski definition) is 1. The number of imide groups is 1. The van der Waals surface area contributed by atoms with Crippen LogP contribution in [0.3, 0.4) is 0 Å². The van der Waals surface area contributed by atoms with Crippen molar-refractivity contribution in [2.24, 2.45) is 0 Å². The molecule has 2 aromatic carbocycles. The molecule has 9 heteroatoms. The summed E-state index contributed by atoms with van der Waals surface area (Å²) in [5.41, 5.74) is 1.48. The minimum Gasteiger partial charge on any atom is -0.493 e. The van der Waals surface area contributed by atoms with Gasteiger partial charge < -0.3 is 9.47 Å². The van der Waals surface area contributed by atoms with E-state index in [1.165, 1.54) is 7.11 Å². The van der Waals surface area contributed by atoms with Crippen molar-refractivity contribution in [3.8, 4) is 11.5 Å². The van der Waals surface area contributed by atoms with Crippen LogP contribution in [0, 0.1) is 0 Å². The maximum Gasteiger partial charge on any atom is 0.261 e. The van der Waals surface area contributed by atoms with Crippen molar-refractivity contribution in [1.29, 1.82) is 0 Å². The zero-order valence-corrected chi connectivity index (χ0v) is 17.0. The second-order valence-electron chi connectivity index (χ2n) is 6.46. The van der Waals surface area contributed by atoms with Crippen LogP contribution in [0.25, 0.3) is 0 Å². The number of sulfonamides is 1. The molecule has 2 aromatic rings. The molecule has 0 aliphatic carbocycles. The highest BCUT2D eigenvalue weighted by Gasteiger charge is 2.35. The zero-order chi connectivity index (χ0) is 21.0. The number of carbonyl (C=O) groups is 2. The first-order valence-electron chi connectivity index (χ1n) is 9.00. The Bertz CT molecular complexity index is 1000. The van der Waals surface area contributed by atoms with Crippen molar-refractivity contribution in [3.63, 3.8) is 0 Å². The molecule has 0 fully saturated rings. The second-order valence-corrected chi connectivity index (χ2v) is 8.39. The number of hydrogen-bond acceptors (Lipinski definition) is 6. The van der Waals surface area contributed by atoms with Gasteiger partial charge in [0.05, 0.1) is 31.1 Å². The summed E-state index contributed by atoms with van der Waals surface area (Å²) in [6.07, 6.45) is 0.451. The van der Waals surface area contributed by atoms with Crippen molar-refractivity contribution < 1.29 is 27.5 Å². The topological polar surface area (TPSA) is 102 Å². The van der Waals surface area contributed by atoms with Crippen molar-refractivity contribution in [1.82, 2.24) is 9.62 Å². The highest BCUT2D eigenvalue weighted by atomic mass is 32.2. The van der Waals surface area contributed by atoms with E-state index in [-0.39, 0.29) is 18.8 Å². The van der Waals surface area contributed by atoms with Crippen LogP contribution in [-0.2, 0) is 16.4 Å². The molecule has 8 nitrogen and oxygen atoms in total. The molecule has 1 heterocycles. The molecule has 0 aromatic heterocycles. The van der Waals surface area contributed by atoms with Gasteiger partial charge in [0.2, 0.25) is 10.0 Å². The molecule has 1 aliphatic rings. The Morgan fingerprint density at radius 1 is 0.931 bits per heavy atom. The summed E-state index contributed by atoms with van der Waals surface area (Å²) in [5, 5.41) is 0. The van der Waals surface area contributed by atoms with Crippen molar-refractivity contribution in [2.45, 2.75) is 6.42 Å². The Kier molecular flexibility index (Phi) is 6.19. The molecule has 0 radical (unpaired) electrons. The molecular weight excluding hydrogens is 396 g/mol. The number of benzene rings is 2. The zero-order valence-electron chi connectivity index (χ0n) is 16.2. The van der Waals surface area contributed by atoms with Gasteiger partial charge in [0, 0.05) is 13.1 Å². The fraction of sp³-hybridized carbons (Fsp3) is 0.300. The van der Waals surface area contributed by atoms with Crippen molar-refractivity contribution in [3.05, 3.63) is 59.2 Å². The molecule has 0 atom stereocenters. The first-order chi connectivity index (χ1) is 13.9. The smallest absolute Gasteiger partial charge is 0.261 e. The van der Waals surface area contributed by atoms with Crippen LogP contribution in [0.2, 0.25) is 0 Å². The normalized spacial score (nSPS) is 13.5. The molecule has 2 amide bonds. The monoisotopic (exact) mass is 418 g/mol. The maximum absolute atomic E-state index is 12.3. The van der Waals surface area contributed by atoms with Crippen LogP contribution in [0.1, 0.15) is 26.3 Å². The van der Waals surface area contributed by atoms with Gasteiger partial charge in [-0.2, -0.15) is 0 Å². The van der Waals surface area contributed by atoms with E-state index in [1.807, 2.05) is 6.07 Å². The molecule has 0 unspecified atom stereocenters. The highest BCUT2D eigenvalue weighted by molar-refractivity contribution is 7.89. The third-order valence-corrected chi connectivity index (χ3v) is 6.01. The minimum absolute atomic E-state index is 0.180. The molecule has 154 valence electrons. The van der Waals surface area contributed by atoms with Crippen molar-refractivity contribution >= 4 is 21.8 Å². The average Bonchev–Trinajstić information content (AvgIpc) is 2.96. The van der Waals surface area contributed by atoms with Crippen LogP contribution >= 0.6 is 0 Å². The summed E-state index contributed by atoms with van der Waals surface area (Å²) in [6.45, 7) is -0.0159. The number of rotatable bonds is 9. The van der Waals surface area contributed by atoms with E-state index in [1.54, 1.807) is 43.5 Å². The number of amides is 2. The molecule has 1 N–H and O–H groups in total. The molecular formula is C20H22N2O6S. The van der Waals surface area contributed by atoms with Crippen LogP contribution in [-0.4, -0.2) is 58.2 Å². The summed E-state index contributed by atoms with van der Waals surface area (Å²) < 4.78 is 37.5. The third kappa shape index (κ3) is 4.57. The number of nitrogens with zero attached hydrogens (tertiary/aromatic N) is 1. The Balaban J connectivity index is 1.54. The van der Waals surface area contributed by atoms with Gasteiger partial charge in [0.25, 0.3) is 11.8 Å². The standard InChI is InChI=1S/C20H22N2O6S/c1-27-17-8-7-14(13-18(17)28-2)9-10-21-29(25,26)12-11-22-19(23)15-5-3-4-6-16(15)20(22)24/h3-8,13,21H,9-12H2,1-2H3. The van der Waals surface area contributed by atoms with E-state index in [9.17, 15) is 18.0 Å². The fourth-order valence-corrected chi connectivity index (χ4v) is 4.09. The predicted octanol–water partition coefficient (Wildman–Crippen LogP) is 1.46. The van der Waals surface area contributed by atoms with Gasteiger partial charge in [-0.25, -0.2) is 13.1 Å². The van der Waals surface area contributed by atoms with Gasteiger partial charge in [-0.05, 0) is 36.2 Å². The van der Waals surface area contributed by atoms with Gasteiger partial charge in [-0.1, -0.05) is 18.2 Å². The molecule has 0 saturated carbocycles. The predicted molar refractivity (Wildman–Crippen MR) is 107 cm³/mol. The lowest BCUT2D eigenvalue weighted by molar-refractivity contribution is 0.0664. The van der Waals surface area contributed by atoms with Crippen LogP contribution < -0.4 is 14.2 Å². The first-order valence-corrected chi connectivity index (χ1v) is 10.6. The summed E-state index contributed by atoms with van der Waals surface area (Å²) in [6, 6.07) is 11.8. The molecule has 29 heavy (non-hydrogen) atoms. The summed E-state index contributed by atoms with van der Waals surface area (Å²) >= 11 is 0.